The second-order valence-corrected chi connectivity index (χ2v) is 4.84. The zero-order valence-corrected chi connectivity index (χ0v) is 10.9. The van der Waals surface area contributed by atoms with E-state index >= 15 is 0 Å². The van der Waals surface area contributed by atoms with Crippen molar-refractivity contribution in [1.82, 2.24) is 20.3 Å². The molecule has 0 saturated heterocycles. The number of aryl methyl sites for hydroxylation is 1. The van der Waals surface area contributed by atoms with Crippen LogP contribution in [0.15, 0.2) is 6.20 Å². The van der Waals surface area contributed by atoms with Crippen LogP contribution in [0.3, 0.4) is 0 Å². The van der Waals surface area contributed by atoms with Gasteiger partial charge in [0.25, 0.3) is 0 Å². The van der Waals surface area contributed by atoms with Gasteiger partial charge >= 0.3 is 0 Å². The van der Waals surface area contributed by atoms with Crippen LogP contribution in [-0.4, -0.2) is 34.2 Å². The minimum Gasteiger partial charge on any atom is -0.378 e. The first-order chi connectivity index (χ1) is 8.21. The Kier molecular flexibility index (Phi) is 3.79. The molecular formula is C12H22N4O. The molecule has 1 aliphatic rings. The van der Waals surface area contributed by atoms with Crippen LogP contribution < -0.4 is 5.32 Å². The first-order valence-corrected chi connectivity index (χ1v) is 6.34. The molecule has 1 aromatic heterocycles. The zero-order chi connectivity index (χ0) is 12.3. The second-order valence-electron chi connectivity index (χ2n) is 4.84. The van der Waals surface area contributed by atoms with Gasteiger partial charge in [-0.05, 0) is 32.2 Å². The third-order valence-corrected chi connectivity index (χ3v) is 3.83. The maximum Gasteiger partial charge on any atom is 0.0754 e. The molecule has 1 heterocycles. The highest BCUT2D eigenvalue weighted by molar-refractivity contribution is 5.06. The van der Waals surface area contributed by atoms with Crippen molar-refractivity contribution < 1.29 is 4.74 Å². The molecule has 1 saturated carbocycles. The van der Waals surface area contributed by atoms with Gasteiger partial charge in [0.05, 0.1) is 23.5 Å². The summed E-state index contributed by atoms with van der Waals surface area (Å²) in [5.41, 5.74) is 1.20. The predicted octanol–water partition coefficient (Wildman–Crippen LogP) is 1.42. The zero-order valence-electron chi connectivity index (χ0n) is 10.9. The topological polar surface area (TPSA) is 52.0 Å². The number of aromatic nitrogens is 3. The molecule has 0 spiro atoms. The average molecular weight is 238 g/mol. The van der Waals surface area contributed by atoms with Crippen molar-refractivity contribution >= 4 is 0 Å². The van der Waals surface area contributed by atoms with Crippen LogP contribution in [0.25, 0.3) is 0 Å². The van der Waals surface area contributed by atoms with Crippen LogP contribution in [0.1, 0.15) is 44.3 Å². The molecule has 1 fully saturated rings. The van der Waals surface area contributed by atoms with Crippen LogP contribution in [0, 0.1) is 0 Å². The van der Waals surface area contributed by atoms with Crippen molar-refractivity contribution in [2.24, 2.45) is 7.05 Å². The molecule has 1 unspecified atom stereocenters. The van der Waals surface area contributed by atoms with Crippen molar-refractivity contribution in [3.8, 4) is 0 Å². The summed E-state index contributed by atoms with van der Waals surface area (Å²) in [6, 6.07) is 0.278. The van der Waals surface area contributed by atoms with Gasteiger partial charge in [-0.2, -0.15) is 0 Å². The van der Waals surface area contributed by atoms with Gasteiger partial charge in [-0.15, -0.1) is 5.10 Å². The van der Waals surface area contributed by atoms with Gasteiger partial charge in [-0.25, -0.2) is 0 Å². The van der Waals surface area contributed by atoms with E-state index in [-0.39, 0.29) is 11.6 Å². The highest BCUT2D eigenvalue weighted by atomic mass is 16.5. The van der Waals surface area contributed by atoms with Crippen LogP contribution in [-0.2, 0) is 11.8 Å². The smallest absolute Gasteiger partial charge is 0.0754 e. The Labute approximate surface area is 103 Å². The summed E-state index contributed by atoms with van der Waals surface area (Å²) in [4.78, 5) is 0. The number of nitrogens with zero attached hydrogens (tertiary/aromatic N) is 3. The number of ether oxygens (including phenoxy) is 1. The molecule has 0 bridgehead atoms. The number of hydrogen-bond acceptors (Lipinski definition) is 4. The van der Waals surface area contributed by atoms with E-state index in [2.05, 4.69) is 22.6 Å². The number of methoxy groups -OCH3 is 1. The van der Waals surface area contributed by atoms with Gasteiger partial charge in [0.1, 0.15) is 0 Å². The van der Waals surface area contributed by atoms with E-state index in [0.717, 1.165) is 31.5 Å². The molecule has 1 atom stereocenters. The molecule has 96 valence electrons. The molecule has 1 aromatic rings. The third kappa shape index (κ3) is 2.50. The van der Waals surface area contributed by atoms with Crippen molar-refractivity contribution in [2.75, 3.05) is 13.7 Å². The monoisotopic (exact) mass is 238 g/mol. The number of rotatable bonds is 6. The Balaban J connectivity index is 2.10. The fourth-order valence-electron chi connectivity index (χ4n) is 2.58. The molecule has 0 radical (unpaired) electrons. The first-order valence-electron chi connectivity index (χ1n) is 6.34. The fraction of sp³-hybridized carbons (Fsp3) is 0.833. The number of nitrogens with one attached hydrogen (secondary N) is 1. The summed E-state index contributed by atoms with van der Waals surface area (Å²) in [5.74, 6) is 0. The molecule has 1 N–H and O–H groups in total. The van der Waals surface area contributed by atoms with E-state index in [4.69, 9.17) is 4.74 Å². The van der Waals surface area contributed by atoms with Crippen LogP contribution >= 0.6 is 0 Å². The maximum absolute atomic E-state index is 5.70. The average Bonchev–Trinajstić information content (AvgIpc) is 2.68. The Hall–Kier alpha value is -0.940. The SMILES string of the molecule is CCNC(CC1(OC)CCC1)c1cnnn1C. The minimum atomic E-state index is 0.0666. The number of hydrogen-bond donors (Lipinski definition) is 1. The predicted molar refractivity (Wildman–Crippen MR) is 65.6 cm³/mol. The van der Waals surface area contributed by atoms with E-state index in [9.17, 15) is 0 Å². The van der Waals surface area contributed by atoms with E-state index < -0.39 is 0 Å². The van der Waals surface area contributed by atoms with Gasteiger partial charge in [0, 0.05) is 14.2 Å². The Bertz CT molecular complexity index is 354. The summed E-state index contributed by atoms with van der Waals surface area (Å²) >= 11 is 0. The molecule has 5 nitrogen and oxygen atoms in total. The summed E-state index contributed by atoms with van der Waals surface area (Å²) in [6.07, 6.45) is 6.44. The van der Waals surface area contributed by atoms with Crippen molar-refractivity contribution in [3.63, 3.8) is 0 Å². The molecule has 1 aliphatic carbocycles. The van der Waals surface area contributed by atoms with Crippen molar-refractivity contribution in [2.45, 2.75) is 44.2 Å². The normalized spacial score (nSPS) is 19.9. The molecule has 0 amide bonds. The van der Waals surface area contributed by atoms with E-state index in [1.807, 2.05) is 25.0 Å². The van der Waals surface area contributed by atoms with Crippen molar-refractivity contribution in [1.29, 1.82) is 0 Å². The van der Waals surface area contributed by atoms with Gasteiger partial charge in [-0.3, -0.25) is 4.68 Å². The summed E-state index contributed by atoms with van der Waals surface area (Å²) < 4.78 is 7.54. The standard InChI is InChI=1S/C12H22N4O/c1-4-13-10(11-9-14-15-16(11)2)8-12(17-3)6-5-7-12/h9-10,13H,4-8H2,1-3H3. The third-order valence-electron chi connectivity index (χ3n) is 3.83. The van der Waals surface area contributed by atoms with Gasteiger partial charge < -0.3 is 10.1 Å². The molecular weight excluding hydrogens is 216 g/mol. The quantitative estimate of drug-likeness (QED) is 0.814. The molecule has 17 heavy (non-hydrogen) atoms. The first kappa shape index (κ1) is 12.5. The maximum atomic E-state index is 5.70. The van der Waals surface area contributed by atoms with E-state index in [1.54, 1.807) is 0 Å². The molecule has 0 aromatic carbocycles. The highest BCUT2D eigenvalue weighted by Crippen LogP contribution is 2.41. The highest BCUT2D eigenvalue weighted by Gasteiger charge is 2.39. The van der Waals surface area contributed by atoms with Crippen LogP contribution in [0.5, 0.6) is 0 Å². The lowest BCUT2D eigenvalue weighted by Gasteiger charge is -2.42. The lowest BCUT2D eigenvalue weighted by atomic mass is 9.75. The summed E-state index contributed by atoms with van der Waals surface area (Å²) in [6.45, 7) is 3.06. The van der Waals surface area contributed by atoms with Gasteiger partial charge in [-0.1, -0.05) is 12.1 Å². The van der Waals surface area contributed by atoms with Gasteiger partial charge in [0.15, 0.2) is 0 Å². The van der Waals surface area contributed by atoms with Crippen LogP contribution in [0.2, 0.25) is 0 Å². The van der Waals surface area contributed by atoms with E-state index in [0.29, 0.717) is 0 Å². The molecule has 0 aliphatic heterocycles. The lowest BCUT2D eigenvalue weighted by molar-refractivity contribution is -0.0841. The summed E-state index contributed by atoms with van der Waals surface area (Å²) in [7, 11) is 3.76. The minimum absolute atomic E-state index is 0.0666. The Morgan fingerprint density at radius 3 is 2.76 bits per heavy atom. The van der Waals surface area contributed by atoms with Crippen LogP contribution in [0.4, 0.5) is 0 Å². The molecule has 2 rings (SSSR count). The van der Waals surface area contributed by atoms with Gasteiger partial charge in [0.2, 0.25) is 0 Å². The Morgan fingerprint density at radius 2 is 2.35 bits per heavy atom. The lowest BCUT2D eigenvalue weighted by Crippen LogP contribution is -2.43. The Morgan fingerprint density at radius 1 is 1.59 bits per heavy atom. The fourth-order valence-corrected chi connectivity index (χ4v) is 2.58. The molecule has 5 heteroatoms. The van der Waals surface area contributed by atoms with Crippen molar-refractivity contribution in [3.05, 3.63) is 11.9 Å². The van der Waals surface area contributed by atoms with E-state index in [1.165, 1.54) is 6.42 Å². The second kappa shape index (κ2) is 5.14. The largest absolute Gasteiger partial charge is 0.378 e. The summed E-state index contributed by atoms with van der Waals surface area (Å²) in [5, 5.41) is 11.5.